The zero-order valence-corrected chi connectivity index (χ0v) is 30.0. The molecule has 3 heteroatoms. The van der Waals surface area contributed by atoms with Crippen LogP contribution in [-0.4, -0.2) is 0 Å². The molecule has 0 aliphatic rings. The molecule has 0 fully saturated rings. The number of thiophene rings is 2. The van der Waals surface area contributed by atoms with Crippen molar-refractivity contribution in [3.05, 3.63) is 170 Å². The van der Waals surface area contributed by atoms with E-state index in [2.05, 4.69) is 164 Å². The van der Waals surface area contributed by atoms with Crippen LogP contribution in [0, 0.1) is 0 Å². The minimum absolute atomic E-state index is 0.924. The molecule has 0 saturated heterocycles. The van der Waals surface area contributed by atoms with Gasteiger partial charge < -0.3 is 4.42 Å². The smallest absolute Gasteiger partial charge is 0.143 e. The molecule has 0 N–H and O–H groups in total. The molecule has 0 aliphatic heterocycles. The highest BCUT2D eigenvalue weighted by molar-refractivity contribution is 7.26. The van der Waals surface area contributed by atoms with Crippen LogP contribution in [0.3, 0.4) is 0 Å². The fraction of sp³-hybridized carbons (Fsp3) is 0. The second-order valence-corrected chi connectivity index (χ2v) is 16.1. The van der Waals surface area contributed by atoms with Crippen molar-refractivity contribution in [2.24, 2.45) is 0 Å². The van der Waals surface area contributed by atoms with Crippen molar-refractivity contribution >= 4 is 107 Å². The minimum Gasteiger partial charge on any atom is -0.455 e. The van der Waals surface area contributed by atoms with Crippen molar-refractivity contribution in [3.8, 4) is 32.7 Å². The van der Waals surface area contributed by atoms with Crippen molar-refractivity contribution in [2.75, 3.05) is 0 Å². The molecule has 12 aromatic rings. The summed E-state index contributed by atoms with van der Waals surface area (Å²) in [4.78, 5) is 1.32. The van der Waals surface area contributed by atoms with Gasteiger partial charge in [-0.2, -0.15) is 0 Å². The normalized spacial score (nSPS) is 12.2. The highest BCUT2D eigenvalue weighted by atomic mass is 32.1. The van der Waals surface area contributed by atoms with Gasteiger partial charge in [0, 0.05) is 45.9 Å². The highest BCUT2D eigenvalue weighted by Gasteiger charge is 2.20. The predicted molar refractivity (Wildman–Crippen MR) is 231 cm³/mol. The summed E-state index contributed by atoms with van der Waals surface area (Å²) < 4.78 is 10.5. The molecular formula is C50H28OS2. The molecule has 0 unspecified atom stereocenters. The van der Waals surface area contributed by atoms with E-state index >= 15 is 0 Å². The van der Waals surface area contributed by atoms with Gasteiger partial charge in [-0.25, -0.2) is 0 Å². The molecule has 0 atom stereocenters. The van der Waals surface area contributed by atoms with Gasteiger partial charge in [0.15, 0.2) is 0 Å². The molecule has 9 aromatic carbocycles. The van der Waals surface area contributed by atoms with Crippen molar-refractivity contribution in [3.63, 3.8) is 0 Å². The molecule has 53 heavy (non-hydrogen) atoms. The summed E-state index contributed by atoms with van der Waals surface area (Å²) in [5, 5.41) is 13.7. The maximum atomic E-state index is 6.51. The molecule has 12 rings (SSSR count). The average molecular weight is 709 g/mol. The van der Waals surface area contributed by atoms with E-state index in [1.165, 1.54) is 89.9 Å². The number of fused-ring (bicyclic) bond motifs is 11. The fourth-order valence-corrected chi connectivity index (χ4v) is 11.0. The minimum atomic E-state index is 0.924. The first-order valence-electron chi connectivity index (χ1n) is 18.0. The van der Waals surface area contributed by atoms with Crippen LogP contribution in [0.1, 0.15) is 0 Å². The number of hydrogen-bond acceptors (Lipinski definition) is 3. The van der Waals surface area contributed by atoms with Crippen LogP contribution in [0.2, 0.25) is 0 Å². The van der Waals surface area contributed by atoms with Crippen LogP contribution in [0.5, 0.6) is 0 Å². The van der Waals surface area contributed by atoms with E-state index in [1.807, 2.05) is 28.7 Å². The van der Waals surface area contributed by atoms with E-state index in [0.717, 1.165) is 27.3 Å². The summed E-state index contributed by atoms with van der Waals surface area (Å²) in [6.07, 6.45) is 0. The van der Waals surface area contributed by atoms with Gasteiger partial charge in [0.1, 0.15) is 11.2 Å². The van der Waals surface area contributed by atoms with Crippen LogP contribution < -0.4 is 0 Å². The van der Waals surface area contributed by atoms with Crippen LogP contribution in [0.15, 0.2) is 174 Å². The molecule has 0 saturated carbocycles. The van der Waals surface area contributed by atoms with Crippen molar-refractivity contribution in [2.45, 2.75) is 0 Å². The maximum Gasteiger partial charge on any atom is 0.143 e. The molecule has 3 aromatic heterocycles. The topological polar surface area (TPSA) is 13.1 Å². The van der Waals surface area contributed by atoms with Gasteiger partial charge in [-0.15, -0.1) is 22.7 Å². The number of furan rings is 1. The monoisotopic (exact) mass is 708 g/mol. The highest BCUT2D eigenvalue weighted by Crippen LogP contribution is 2.48. The third-order valence-electron chi connectivity index (χ3n) is 11.1. The fourth-order valence-electron chi connectivity index (χ4n) is 8.70. The largest absolute Gasteiger partial charge is 0.455 e. The molecule has 0 aliphatic carbocycles. The first-order chi connectivity index (χ1) is 26.3. The lowest BCUT2D eigenvalue weighted by atomic mass is 9.84. The van der Waals surface area contributed by atoms with Crippen LogP contribution >= 0.6 is 22.7 Å². The Balaban J connectivity index is 1.07. The Hall–Kier alpha value is -6.26. The molecule has 0 radical (unpaired) electrons. The molecular weight excluding hydrogens is 681 g/mol. The van der Waals surface area contributed by atoms with Gasteiger partial charge >= 0.3 is 0 Å². The summed E-state index contributed by atoms with van der Waals surface area (Å²) in [5.74, 6) is 0. The number of benzene rings is 9. The Labute approximate surface area is 312 Å². The first-order valence-corrected chi connectivity index (χ1v) is 19.6. The van der Waals surface area contributed by atoms with Crippen LogP contribution in [0.4, 0.5) is 0 Å². The van der Waals surface area contributed by atoms with E-state index in [9.17, 15) is 0 Å². The molecule has 0 spiro atoms. The van der Waals surface area contributed by atoms with E-state index in [4.69, 9.17) is 4.42 Å². The number of hydrogen-bond donors (Lipinski definition) is 0. The maximum absolute atomic E-state index is 6.51. The third-order valence-corrected chi connectivity index (χ3v) is 13.3. The lowest BCUT2D eigenvalue weighted by molar-refractivity contribution is 0.672. The zero-order valence-electron chi connectivity index (χ0n) is 28.4. The zero-order chi connectivity index (χ0) is 34.6. The molecule has 1 nitrogen and oxygen atoms in total. The van der Waals surface area contributed by atoms with Gasteiger partial charge in [0.2, 0.25) is 0 Å². The lowest BCUT2D eigenvalue weighted by Gasteiger charge is -2.19. The van der Waals surface area contributed by atoms with Crippen molar-refractivity contribution in [1.29, 1.82) is 0 Å². The van der Waals surface area contributed by atoms with Gasteiger partial charge in [-0.1, -0.05) is 133 Å². The van der Waals surface area contributed by atoms with Crippen LogP contribution in [-0.2, 0) is 0 Å². The Morgan fingerprint density at radius 2 is 0.962 bits per heavy atom. The Morgan fingerprint density at radius 3 is 1.75 bits per heavy atom. The second-order valence-electron chi connectivity index (χ2n) is 14.0. The summed E-state index contributed by atoms with van der Waals surface area (Å²) in [7, 11) is 0. The van der Waals surface area contributed by atoms with Crippen molar-refractivity contribution < 1.29 is 4.42 Å². The quantitative estimate of drug-likeness (QED) is 0.167. The molecule has 3 heterocycles. The van der Waals surface area contributed by atoms with Gasteiger partial charge in [0.25, 0.3) is 0 Å². The van der Waals surface area contributed by atoms with Crippen molar-refractivity contribution in [1.82, 2.24) is 0 Å². The van der Waals surface area contributed by atoms with Gasteiger partial charge in [-0.3, -0.25) is 0 Å². The molecule has 246 valence electrons. The van der Waals surface area contributed by atoms with Gasteiger partial charge in [0.05, 0.1) is 0 Å². The number of rotatable bonds is 3. The Bertz CT molecular complexity index is 3390. The standard InChI is InChI=1S/C50H28OS2/c1-2-11-29(12-3-1)44-26-31-27-47-42(28-45(31)52-44)34-22-21-30(25-46(34)53-47)48-36-14-4-6-16-38(36)49(39-17-7-5-15-37(39)48)35-18-10-19-40-32(35)23-24-41-33-13-8-9-20-43(33)51-50(40)41/h1-28H. The molecule has 0 bridgehead atoms. The lowest BCUT2D eigenvalue weighted by Crippen LogP contribution is -1.91. The Kier molecular flexibility index (Phi) is 6.15. The average Bonchev–Trinajstić information content (AvgIpc) is 3.92. The van der Waals surface area contributed by atoms with E-state index < -0.39 is 0 Å². The summed E-state index contributed by atoms with van der Waals surface area (Å²) >= 11 is 3.78. The second kappa shape index (κ2) is 11.1. The number of para-hydroxylation sites is 1. The predicted octanol–water partition coefficient (Wildman–Crippen LogP) is 15.6. The van der Waals surface area contributed by atoms with E-state index in [-0.39, 0.29) is 0 Å². The summed E-state index contributed by atoms with van der Waals surface area (Å²) in [6, 6.07) is 62.4. The summed E-state index contributed by atoms with van der Waals surface area (Å²) in [6.45, 7) is 0. The summed E-state index contributed by atoms with van der Waals surface area (Å²) in [5.41, 5.74) is 8.17. The van der Waals surface area contributed by atoms with E-state index in [1.54, 1.807) is 0 Å². The SMILES string of the molecule is c1ccc(-c2cc3cc4sc5cc(-c6c7ccccc7c(-c7cccc8c7ccc7c9ccccc9oc87)c7ccccc67)ccc5c4cc3s2)cc1. The van der Waals surface area contributed by atoms with Crippen LogP contribution in [0.25, 0.3) is 117 Å². The third kappa shape index (κ3) is 4.29. The molecule has 0 amide bonds. The first kappa shape index (κ1) is 29.3. The van der Waals surface area contributed by atoms with E-state index in [0.29, 0.717) is 0 Å². The van der Waals surface area contributed by atoms with Gasteiger partial charge in [-0.05, 0) is 96.5 Å². The Morgan fingerprint density at radius 1 is 0.340 bits per heavy atom.